The van der Waals surface area contributed by atoms with Gasteiger partial charge in [-0.3, -0.25) is 23.9 Å². The molecular weight excluding hydrogens is 466 g/mol. The van der Waals surface area contributed by atoms with Crippen molar-refractivity contribution in [2.24, 2.45) is 7.05 Å². The van der Waals surface area contributed by atoms with Crippen LogP contribution in [0.2, 0.25) is 5.02 Å². The van der Waals surface area contributed by atoms with Crippen molar-refractivity contribution >= 4 is 45.6 Å². The van der Waals surface area contributed by atoms with Gasteiger partial charge in [-0.1, -0.05) is 23.7 Å². The van der Waals surface area contributed by atoms with E-state index in [9.17, 15) is 19.2 Å². The number of hydrogen-bond donors (Lipinski definition) is 3. The minimum absolute atomic E-state index is 0.146. The average Bonchev–Trinajstić information content (AvgIpc) is 3.38. The van der Waals surface area contributed by atoms with Crippen LogP contribution in [0.4, 0.5) is 10.8 Å². The van der Waals surface area contributed by atoms with Crippen LogP contribution in [0.1, 0.15) is 32.0 Å². The molecule has 4 rings (SSSR count). The number of nitrogens with zero attached hydrogens (tertiary/aromatic N) is 2. The number of aromatic amines is 1. The molecule has 0 bridgehead atoms. The van der Waals surface area contributed by atoms with Crippen molar-refractivity contribution in [3.8, 4) is 0 Å². The number of H-pyrrole nitrogens is 1. The second-order valence-electron chi connectivity index (χ2n) is 7.82. The fourth-order valence-electron chi connectivity index (χ4n) is 3.66. The summed E-state index contributed by atoms with van der Waals surface area (Å²) >= 11 is 7.28. The fraction of sp³-hybridized carbons (Fsp3) is 0.273. The maximum atomic E-state index is 12.9. The highest BCUT2D eigenvalue weighted by Crippen LogP contribution is 2.28. The van der Waals surface area contributed by atoms with E-state index < -0.39 is 5.69 Å². The molecule has 1 atom stereocenters. The van der Waals surface area contributed by atoms with Crippen molar-refractivity contribution in [1.29, 1.82) is 0 Å². The van der Waals surface area contributed by atoms with E-state index in [2.05, 4.69) is 15.6 Å². The molecule has 3 heterocycles. The Bertz CT molecular complexity index is 1310. The van der Waals surface area contributed by atoms with Crippen molar-refractivity contribution in [3.05, 3.63) is 78.3 Å². The first-order valence-corrected chi connectivity index (χ1v) is 11.4. The van der Waals surface area contributed by atoms with E-state index >= 15 is 0 Å². The Morgan fingerprint density at radius 1 is 1.18 bits per heavy atom. The van der Waals surface area contributed by atoms with Crippen molar-refractivity contribution in [2.75, 3.05) is 23.3 Å². The number of hydrogen-bond acceptors (Lipinski definition) is 6. The lowest BCUT2D eigenvalue weighted by Crippen LogP contribution is -2.38. The highest BCUT2D eigenvalue weighted by atomic mass is 35.5. The van der Waals surface area contributed by atoms with Crippen LogP contribution in [0.25, 0.3) is 0 Å². The van der Waals surface area contributed by atoms with Crippen LogP contribution in [0.3, 0.4) is 0 Å². The zero-order chi connectivity index (χ0) is 23.7. The molecule has 2 amide bonds. The predicted molar refractivity (Wildman–Crippen MR) is 129 cm³/mol. The summed E-state index contributed by atoms with van der Waals surface area (Å²) in [6.45, 7) is 2.87. The van der Waals surface area contributed by atoms with E-state index in [0.717, 1.165) is 10.1 Å². The fourth-order valence-corrected chi connectivity index (χ4v) is 4.85. The van der Waals surface area contributed by atoms with Gasteiger partial charge in [0.2, 0.25) is 0 Å². The molecule has 0 saturated carbocycles. The average molecular weight is 488 g/mol. The van der Waals surface area contributed by atoms with Crippen LogP contribution in [-0.2, 0) is 7.05 Å². The Balaban J connectivity index is 1.41. The van der Waals surface area contributed by atoms with Gasteiger partial charge in [0.1, 0.15) is 5.82 Å². The van der Waals surface area contributed by atoms with Gasteiger partial charge in [0.05, 0.1) is 20.5 Å². The van der Waals surface area contributed by atoms with E-state index in [0.29, 0.717) is 45.8 Å². The SMILES string of the molecule is Cc1cc(NC(=O)c2ccccc2Cl)sc1C(=O)NC1CCN(c2cc(=O)n(C)c(=O)[nH]2)C1. The van der Waals surface area contributed by atoms with Crippen molar-refractivity contribution in [3.63, 3.8) is 0 Å². The predicted octanol–water partition coefficient (Wildman–Crippen LogP) is 2.36. The molecule has 33 heavy (non-hydrogen) atoms. The zero-order valence-electron chi connectivity index (χ0n) is 18.0. The van der Waals surface area contributed by atoms with Crippen molar-refractivity contribution in [2.45, 2.75) is 19.4 Å². The summed E-state index contributed by atoms with van der Waals surface area (Å²) in [6, 6.07) is 9.73. The normalized spacial score (nSPS) is 15.5. The van der Waals surface area contributed by atoms with Crippen LogP contribution >= 0.6 is 22.9 Å². The molecule has 2 aromatic heterocycles. The topological polar surface area (TPSA) is 116 Å². The van der Waals surface area contributed by atoms with Gasteiger partial charge < -0.3 is 15.5 Å². The molecule has 1 fully saturated rings. The second kappa shape index (κ2) is 9.24. The molecule has 0 aliphatic carbocycles. The standard InChI is InChI=1S/C22H22ClN5O4S/c1-12-9-17(26-20(30)14-5-3-4-6-15(14)23)33-19(12)21(31)24-13-7-8-28(11-13)16-10-18(29)27(2)22(32)25-16/h3-6,9-10,13H,7-8,11H2,1-2H3,(H,24,31)(H,25,32)(H,26,30). The Morgan fingerprint density at radius 2 is 1.94 bits per heavy atom. The number of rotatable bonds is 5. The maximum absolute atomic E-state index is 12.9. The lowest BCUT2D eigenvalue weighted by Gasteiger charge is -2.18. The molecule has 0 spiro atoms. The van der Waals surface area contributed by atoms with Gasteiger partial charge >= 0.3 is 5.69 Å². The molecule has 3 aromatic rings. The first kappa shape index (κ1) is 22.8. The number of halogens is 1. The molecule has 1 aliphatic rings. The third-order valence-corrected chi connectivity index (χ3v) is 6.95. The number of carbonyl (C=O) groups excluding carboxylic acids is 2. The van der Waals surface area contributed by atoms with Crippen LogP contribution < -0.4 is 26.8 Å². The number of carbonyl (C=O) groups is 2. The summed E-state index contributed by atoms with van der Waals surface area (Å²) in [7, 11) is 1.41. The number of anilines is 2. The Hall–Kier alpha value is -3.37. The van der Waals surface area contributed by atoms with E-state index in [-0.39, 0.29) is 23.4 Å². The molecule has 0 radical (unpaired) electrons. The first-order chi connectivity index (χ1) is 15.7. The molecule has 1 saturated heterocycles. The quantitative estimate of drug-likeness (QED) is 0.511. The van der Waals surface area contributed by atoms with Crippen molar-refractivity contribution < 1.29 is 9.59 Å². The minimum atomic E-state index is -0.481. The largest absolute Gasteiger partial charge is 0.356 e. The summed E-state index contributed by atoms with van der Waals surface area (Å²) in [4.78, 5) is 54.2. The van der Waals surface area contributed by atoms with Gasteiger partial charge in [-0.25, -0.2) is 4.79 Å². The van der Waals surface area contributed by atoms with Crippen molar-refractivity contribution in [1.82, 2.24) is 14.9 Å². The third kappa shape index (κ3) is 4.86. The lowest BCUT2D eigenvalue weighted by atomic mass is 10.2. The summed E-state index contributed by atoms with van der Waals surface area (Å²) in [6.07, 6.45) is 0.670. The molecule has 1 aliphatic heterocycles. The van der Waals surface area contributed by atoms with Crippen LogP contribution in [0.15, 0.2) is 46.0 Å². The molecule has 3 N–H and O–H groups in total. The van der Waals surface area contributed by atoms with Gasteiger partial charge in [0.15, 0.2) is 0 Å². The first-order valence-electron chi connectivity index (χ1n) is 10.3. The minimum Gasteiger partial charge on any atom is -0.356 e. The van der Waals surface area contributed by atoms with Crippen LogP contribution in [0, 0.1) is 6.92 Å². The van der Waals surface area contributed by atoms with Gasteiger partial charge in [-0.2, -0.15) is 0 Å². The summed E-state index contributed by atoms with van der Waals surface area (Å²) in [5.74, 6) is -0.139. The molecule has 1 unspecified atom stereocenters. The third-order valence-electron chi connectivity index (χ3n) is 5.47. The molecule has 9 nitrogen and oxygen atoms in total. The molecule has 11 heteroatoms. The summed E-state index contributed by atoms with van der Waals surface area (Å²) in [5, 5.41) is 6.70. The monoisotopic (exact) mass is 487 g/mol. The zero-order valence-corrected chi connectivity index (χ0v) is 19.5. The van der Waals surface area contributed by atoms with Crippen LogP contribution in [0.5, 0.6) is 0 Å². The maximum Gasteiger partial charge on any atom is 0.329 e. The van der Waals surface area contributed by atoms with E-state index in [1.165, 1.54) is 24.5 Å². The summed E-state index contributed by atoms with van der Waals surface area (Å²) < 4.78 is 1.00. The molecular formula is C22H22ClN5O4S. The molecule has 1 aromatic carbocycles. The number of thiophene rings is 1. The van der Waals surface area contributed by atoms with E-state index in [1.807, 2.05) is 11.8 Å². The Labute approximate surface area is 198 Å². The van der Waals surface area contributed by atoms with Gasteiger partial charge in [-0.15, -0.1) is 11.3 Å². The lowest BCUT2D eigenvalue weighted by molar-refractivity contribution is 0.0943. The van der Waals surface area contributed by atoms with Gasteiger partial charge in [0.25, 0.3) is 17.4 Å². The summed E-state index contributed by atoms with van der Waals surface area (Å²) in [5.41, 5.74) is 0.237. The van der Waals surface area contributed by atoms with Gasteiger partial charge in [0, 0.05) is 32.2 Å². The molecule has 172 valence electrons. The number of amides is 2. The number of benzene rings is 1. The van der Waals surface area contributed by atoms with Gasteiger partial charge in [-0.05, 0) is 37.1 Å². The Kier molecular flexibility index (Phi) is 6.39. The van der Waals surface area contributed by atoms with Crippen LogP contribution in [-0.4, -0.2) is 40.5 Å². The highest BCUT2D eigenvalue weighted by Gasteiger charge is 2.27. The van der Waals surface area contributed by atoms with E-state index in [4.69, 9.17) is 11.6 Å². The van der Waals surface area contributed by atoms with E-state index in [1.54, 1.807) is 30.3 Å². The number of aryl methyl sites for hydroxylation is 1. The number of nitrogens with one attached hydrogen (secondary N) is 3. The Morgan fingerprint density at radius 3 is 2.67 bits per heavy atom. The smallest absolute Gasteiger partial charge is 0.329 e. The second-order valence-corrected chi connectivity index (χ2v) is 9.28. The highest BCUT2D eigenvalue weighted by molar-refractivity contribution is 7.18. The number of aromatic nitrogens is 2.